The van der Waals surface area contributed by atoms with Gasteiger partial charge in [-0.3, -0.25) is 0 Å². The van der Waals surface area contributed by atoms with Crippen LogP contribution < -0.4 is 10.1 Å². The normalized spacial score (nSPS) is 11.6. The molecule has 108 valence electrons. The highest BCUT2D eigenvalue weighted by atomic mass is 79.9. The van der Waals surface area contributed by atoms with E-state index in [0.717, 1.165) is 29.7 Å². The minimum Gasteiger partial charge on any atom is -0.494 e. The highest BCUT2D eigenvalue weighted by Gasteiger charge is 2.24. The van der Waals surface area contributed by atoms with E-state index in [2.05, 4.69) is 54.2 Å². The first kappa shape index (κ1) is 16.5. The van der Waals surface area contributed by atoms with Crippen molar-refractivity contribution in [3.05, 3.63) is 28.2 Å². The van der Waals surface area contributed by atoms with Crippen LogP contribution in [0.25, 0.3) is 0 Å². The van der Waals surface area contributed by atoms with Crippen LogP contribution in [0.5, 0.6) is 5.75 Å². The topological polar surface area (TPSA) is 21.3 Å². The summed E-state index contributed by atoms with van der Waals surface area (Å²) in [6, 6.07) is 6.29. The molecule has 19 heavy (non-hydrogen) atoms. The lowest BCUT2D eigenvalue weighted by Crippen LogP contribution is -2.26. The summed E-state index contributed by atoms with van der Waals surface area (Å²) in [5, 5.41) is 3.47. The van der Waals surface area contributed by atoms with Gasteiger partial charge in [0.25, 0.3) is 0 Å². The number of nitrogens with one attached hydrogen (secondary N) is 1. The van der Waals surface area contributed by atoms with Crippen LogP contribution >= 0.6 is 15.9 Å². The van der Waals surface area contributed by atoms with Crippen LogP contribution in [0, 0.1) is 0 Å². The van der Waals surface area contributed by atoms with Gasteiger partial charge < -0.3 is 10.1 Å². The third-order valence-electron chi connectivity index (χ3n) is 3.32. The van der Waals surface area contributed by atoms with Crippen molar-refractivity contribution in [1.82, 2.24) is 5.32 Å². The minimum atomic E-state index is 0.106. The van der Waals surface area contributed by atoms with Crippen LogP contribution in [0.2, 0.25) is 0 Å². The summed E-state index contributed by atoms with van der Waals surface area (Å²) in [6.07, 6.45) is 2.28. The van der Waals surface area contributed by atoms with E-state index in [-0.39, 0.29) is 5.41 Å². The molecule has 0 aliphatic heterocycles. The number of ether oxygens (including phenoxy) is 1. The first-order valence-corrected chi connectivity index (χ1v) is 7.94. The number of hydrogen-bond acceptors (Lipinski definition) is 2. The quantitative estimate of drug-likeness (QED) is 0.709. The molecule has 0 amide bonds. The zero-order valence-electron chi connectivity index (χ0n) is 12.6. The van der Waals surface area contributed by atoms with Crippen molar-refractivity contribution in [2.75, 3.05) is 19.7 Å². The van der Waals surface area contributed by atoms with Gasteiger partial charge in [-0.25, -0.2) is 0 Å². The van der Waals surface area contributed by atoms with Crippen molar-refractivity contribution in [1.29, 1.82) is 0 Å². The van der Waals surface area contributed by atoms with Gasteiger partial charge in [0.05, 0.1) is 6.61 Å². The molecule has 0 unspecified atom stereocenters. The van der Waals surface area contributed by atoms with Crippen LogP contribution in [0.1, 0.15) is 46.1 Å². The van der Waals surface area contributed by atoms with E-state index in [9.17, 15) is 0 Å². The molecule has 0 aromatic heterocycles. The van der Waals surface area contributed by atoms with Crippen LogP contribution in [0.15, 0.2) is 22.7 Å². The Bertz CT molecular complexity index is 390. The van der Waals surface area contributed by atoms with Crippen molar-refractivity contribution >= 4 is 15.9 Å². The molecule has 0 spiro atoms. The van der Waals surface area contributed by atoms with Gasteiger partial charge in [-0.05, 0) is 56.5 Å². The molecule has 1 N–H and O–H groups in total. The molecule has 0 saturated carbocycles. The van der Waals surface area contributed by atoms with Crippen molar-refractivity contribution < 1.29 is 4.74 Å². The Labute approximate surface area is 126 Å². The maximum atomic E-state index is 5.76. The molecule has 0 atom stereocenters. The lowest BCUT2D eigenvalue weighted by atomic mass is 9.81. The van der Waals surface area contributed by atoms with Crippen molar-refractivity contribution in [2.24, 2.45) is 0 Å². The van der Waals surface area contributed by atoms with E-state index in [1.807, 2.05) is 13.0 Å². The summed E-state index contributed by atoms with van der Waals surface area (Å²) in [4.78, 5) is 0. The molecule has 0 saturated heterocycles. The molecule has 0 aliphatic rings. The molecule has 0 fully saturated rings. The Morgan fingerprint density at radius 3 is 2.58 bits per heavy atom. The smallest absolute Gasteiger partial charge is 0.123 e. The summed E-state index contributed by atoms with van der Waals surface area (Å²) >= 11 is 3.56. The Morgan fingerprint density at radius 1 is 1.21 bits per heavy atom. The van der Waals surface area contributed by atoms with Gasteiger partial charge in [0.15, 0.2) is 0 Å². The van der Waals surface area contributed by atoms with Gasteiger partial charge in [0, 0.05) is 10.0 Å². The Kier molecular flexibility index (Phi) is 6.87. The largest absolute Gasteiger partial charge is 0.494 e. The SMILES string of the molecule is CCCNCCC(C)(C)c1cc(Br)ccc1OCC. The lowest BCUT2D eigenvalue weighted by Gasteiger charge is -2.28. The summed E-state index contributed by atoms with van der Waals surface area (Å²) in [5.74, 6) is 1.01. The lowest BCUT2D eigenvalue weighted by molar-refractivity contribution is 0.324. The van der Waals surface area contributed by atoms with Gasteiger partial charge >= 0.3 is 0 Å². The van der Waals surface area contributed by atoms with Gasteiger partial charge in [0.1, 0.15) is 5.75 Å². The number of benzene rings is 1. The first-order chi connectivity index (χ1) is 9.01. The molecule has 1 aromatic carbocycles. The third kappa shape index (κ3) is 5.15. The van der Waals surface area contributed by atoms with E-state index in [4.69, 9.17) is 4.74 Å². The monoisotopic (exact) mass is 327 g/mol. The fourth-order valence-corrected chi connectivity index (χ4v) is 2.51. The molecule has 0 heterocycles. The van der Waals surface area contributed by atoms with Gasteiger partial charge in [0.2, 0.25) is 0 Å². The average Bonchev–Trinajstić information content (AvgIpc) is 2.37. The van der Waals surface area contributed by atoms with E-state index < -0.39 is 0 Å². The Balaban J connectivity index is 2.82. The van der Waals surface area contributed by atoms with Crippen LogP contribution in [0.4, 0.5) is 0 Å². The summed E-state index contributed by atoms with van der Waals surface area (Å²) in [7, 11) is 0. The van der Waals surface area contributed by atoms with Crippen molar-refractivity contribution in [3.8, 4) is 5.75 Å². The predicted octanol–water partition coefficient (Wildman–Crippen LogP) is 4.52. The Hall–Kier alpha value is -0.540. The fraction of sp³-hybridized carbons (Fsp3) is 0.625. The molecular weight excluding hydrogens is 302 g/mol. The molecular formula is C16H26BrNO. The first-order valence-electron chi connectivity index (χ1n) is 7.14. The van der Waals surface area contributed by atoms with E-state index in [0.29, 0.717) is 6.61 Å². The highest BCUT2D eigenvalue weighted by Crippen LogP contribution is 2.36. The minimum absolute atomic E-state index is 0.106. The summed E-state index contributed by atoms with van der Waals surface area (Å²) in [5.41, 5.74) is 1.39. The maximum absolute atomic E-state index is 5.76. The molecule has 0 bridgehead atoms. The molecule has 1 aromatic rings. The standard InChI is InChI=1S/C16H26BrNO/c1-5-10-18-11-9-16(3,4)14-12-13(17)7-8-15(14)19-6-2/h7-8,12,18H,5-6,9-11H2,1-4H3. The average molecular weight is 328 g/mol. The zero-order valence-corrected chi connectivity index (χ0v) is 14.1. The highest BCUT2D eigenvalue weighted by molar-refractivity contribution is 9.10. The molecule has 0 aliphatic carbocycles. The zero-order chi connectivity index (χ0) is 14.3. The third-order valence-corrected chi connectivity index (χ3v) is 3.82. The van der Waals surface area contributed by atoms with Crippen LogP contribution in [-0.4, -0.2) is 19.7 Å². The molecule has 0 radical (unpaired) electrons. The molecule has 1 rings (SSSR count). The van der Waals surface area contributed by atoms with Crippen LogP contribution in [0.3, 0.4) is 0 Å². The van der Waals surface area contributed by atoms with Gasteiger partial charge in [-0.1, -0.05) is 36.7 Å². The molecule has 3 heteroatoms. The summed E-state index contributed by atoms with van der Waals surface area (Å²) < 4.78 is 6.88. The number of rotatable bonds is 8. The summed E-state index contributed by atoms with van der Waals surface area (Å²) in [6.45, 7) is 11.6. The second kappa shape index (κ2) is 7.91. The van der Waals surface area contributed by atoms with Gasteiger partial charge in [-0.2, -0.15) is 0 Å². The maximum Gasteiger partial charge on any atom is 0.123 e. The van der Waals surface area contributed by atoms with E-state index in [1.54, 1.807) is 0 Å². The second-order valence-corrected chi connectivity index (χ2v) is 6.37. The predicted molar refractivity (Wildman–Crippen MR) is 86.1 cm³/mol. The van der Waals surface area contributed by atoms with E-state index >= 15 is 0 Å². The number of halogens is 1. The number of hydrogen-bond donors (Lipinski definition) is 1. The van der Waals surface area contributed by atoms with Gasteiger partial charge in [-0.15, -0.1) is 0 Å². The Morgan fingerprint density at radius 2 is 1.95 bits per heavy atom. The van der Waals surface area contributed by atoms with Crippen molar-refractivity contribution in [2.45, 2.75) is 46.0 Å². The van der Waals surface area contributed by atoms with Crippen LogP contribution in [-0.2, 0) is 5.41 Å². The van der Waals surface area contributed by atoms with Crippen molar-refractivity contribution in [3.63, 3.8) is 0 Å². The molecule has 2 nitrogen and oxygen atoms in total. The second-order valence-electron chi connectivity index (χ2n) is 5.46. The van der Waals surface area contributed by atoms with E-state index in [1.165, 1.54) is 12.0 Å². The fourth-order valence-electron chi connectivity index (χ4n) is 2.15.